The Labute approximate surface area is 165 Å². The zero-order chi connectivity index (χ0) is 18.8. The van der Waals surface area contributed by atoms with E-state index < -0.39 is 39.5 Å². The number of nitrogens with zero attached hydrogens (tertiary/aromatic N) is 2. The van der Waals surface area contributed by atoms with Gasteiger partial charge in [0.1, 0.15) is 15.8 Å². The molecule has 0 aromatic heterocycles. The summed E-state index contributed by atoms with van der Waals surface area (Å²) in [7, 11) is 0. The number of carboxylic acids is 1. The summed E-state index contributed by atoms with van der Waals surface area (Å²) in [6.45, 7) is -0.474. The Bertz CT molecular complexity index is 820. The molecular formula is C17H14Br2N2O5. The first-order chi connectivity index (χ1) is 12.2. The summed E-state index contributed by atoms with van der Waals surface area (Å²) in [5, 5.41) is 9.21. The number of hydrogen-bond donors (Lipinski definition) is 1. The predicted molar refractivity (Wildman–Crippen MR) is 97.2 cm³/mol. The van der Waals surface area contributed by atoms with E-state index in [0.29, 0.717) is 12.8 Å². The van der Waals surface area contributed by atoms with Gasteiger partial charge in [-0.25, -0.2) is 0 Å². The second-order valence-electron chi connectivity index (χ2n) is 6.70. The molecule has 1 aromatic carbocycles. The van der Waals surface area contributed by atoms with Crippen LogP contribution in [0.4, 0.5) is 0 Å². The lowest BCUT2D eigenvalue weighted by Crippen LogP contribution is -2.52. The van der Waals surface area contributed by atoms with E-state index in [9.17, 15) is 24.3 Å². The van der Waals surface area contributed by atoms with E-state index in [1.807, 2.05) is 0 Å². The smallest absolute Gasteiger partial charge is 0.323 e. The number of rotatable bonds is 3. The van der Waals surface area contributed by atoms with Crippen LogP contribution < -0.4 is 0 Å². The average Bonchev–Trinajstić information content (AvgIpc) is 3.09. The molecule has 1 aliphatic carbocycles. The van der Waals surface area contributed by atoms with Gasteiger partial charge in [-0.1, -0.05) is 44.0 Å². The zero-order valence-corrected chi connectivity index (χ0v) is 16.6. The second-order valence-corrected chi connectivity index (χ2v) is 10.4. The van der Waals surface area contributed by atoms with E-state index in [2.05, 4.69) is 31.9 Å². The number of amides is 3. The van der Waals surface area contributed by atoms with Crippen molar-refractivity contribution < 1.29 is 24.3 Å². The summed E-state index contributed by atoms with van der Waals surface area (Å²) < 4.78 is -0.516. The van der Waals surface area contributed by atoms with E-state index >= 15 is 0 Å². The molecular weight excluding hydrogens is 472 g/mol. The molecule has 0 unspecified atom stereocenters. The lowest BCUT2D eigenvalue weighted by Gasteiger charge is -2.30. The van der Waals surface area contributed by atoms with Gasteiger partial charge in [-0.05, 0) is 25.0 Å². The molecule has 1 saturated carbocycles. The number of carbonyl (C=O) groups is 4. The van der Waals surface area contributed by atoms with Gasteiger partial charge in [-0.2, -0.15) is 0 Å². The summed E-state index contributed by atoms with van der Waals surface area (Å²) in [6.07, 6.45) is 0.891. The van der Waals surface area contributed by atoms with Crippen LogP contribution in [0.3, 0.4) is 0 Å². The first kappa shape index (κ1) is 17.7. The molecule has 1 saturated heterocycles. The van der Waals surface area contributed by atoms with Crippen LogP contribution >= 0.6 is 31.9 Å². The SMILES string of the molecule is O=C(O)CN1C(=O)[C@@H](N2C(=O)c3ccccc3C2=O)CC[C@@H]2[C@H]1C2(Br)Br. The van der Waals surface area contributed by atoms with Crippen LogP contribution in [-0.2, 0) is 9.59 Å². The molecule has 136 valence electrons. The van der Waals surface area contributed by atoms with E-state index in [4.69, 9.17) is 0 Å². The number of imide groups is 1. The van der Waals surface area contributed by atoms with Crippen molar-refractivity contribution in [1.82, 2.24) is 9.80 Å². The fourth-order valence-corrected chi connectivity index (χ4v) is 5.82. The number of benzene rings is 1. The summed E-state index contributed by atoms with van der Waals surface area (Å²) in [5.74, 6) is -2.62. The minimum absolute atomic E-state index is 0.0194. The molecule has 4 rings (SSSR count). The topological polar surface area (TPSA) is 95.0 Å². The molecule has 7 nitrogen and oxygen atoms in total. The second kappa shape index (κ2) is 5.88. The number of halogens is 2. The van der Waals surface area contributed by atoms with Gasteiger partial charge in [0.15, 0.2) is 0 Å². The summed E-state index contributed by atoms with van der Waals surface area (Å²) >= 11 is 7.01. The highest BCUT2D eigenvalue weighted by atomic mass is 79.9. The van der Waals surface area contributed by atoms with Gasteiger partial charge < -0.3 is 10.0 Å². The molecule has 0 spiro atoms. The van der Waals surface area contributed by atoms with Crippen LogP contribution in [0.15, 0.2) is 24.3 Å². The Balaban J connectivity index is 1.68. The Morgan fingerprint density at radius 3 is 2.23 bits per heavy atom. The fraction of sp³-hybridized carbons (Fsp3) is 0.412. The van der Waals surface area contributed by atoms with Crippen LogP contribution in [0.5, 0.6) is 0 Å². The first-order valence-corrected chi connectivity index (χ1v) is 9.70. The number of likely N-dealkylation sites (tertiary alicyclic amines) is 1. The molecule has 9 heteroatoms. The Kier molecular flexibility index (Phi) is 4.00. The summed E-state index contributed by atoms with van der Waals surface area (Å²) in [5.41, 5.74) is 0.555. The molecule has 2 fully saturated rings. The fourth-order valence-electron chi connectivity index (χ4n) is 3.99. The van der Waals surface area contributed by atoms with Crippen molar-refractivity contribution in [2.24, 2.45) is 5.92 Å². The van der Waals surface area contributed by atoms with Crippen LogP contribution in [0.1, 0.15) is 33.6 Å². The first-order valence-electron chi connectivity index (χ1n) is 8.12. The van der Waals surface area contributed by atoms with Crippen LogP contribution in [0, 0.1) is 5.92 Å². The van der Waals surface area contributed by atoms with Gasteiger partial charge in [0.2, 0.25) is 5.91 Å². The number of carboxylic acid groups (broad SMARTS) is 1. The van der Waals surface area contributed by atoms with Crippen molar-refractivity contribution in [3.8, 4) is 0 Å². The van der Waals surface area contributed by atoms with Crippen molar-refractivity contribution >= 4 is 55.6 Å². The monoisotopic (exact) mass is 484 g/mol. The van der Waals surface area contributed by atoms with Crippen molar-refractivity contribution in [2.45, 2.75) is 28.2 Å². The molecule has 2 aliphatic heterocycles. The third kappa shape index (κ3) is 2.44. The van der Waals surface area contributed by atoms with Crippen molar-refractivity contribution in [2.75, 3.05) is 6.54 Å². The molecule has 2 heterocycles. The average molecular weight is 486 g/mol. The highest BCUT2D eigenvalue weighted by molar-refractivity contribution is 9.25. The number of hydrogen-bond acceptors (Lipinski definition) is 4. The Morgan fingerprint density at radius 1 is 1.12 bits per heavy atom. The third-order valence-electron chi connectivity index (χ3n) is 5.26. The largest absolute Gasteiger partial charge is 0.480 e. The molecule has 1 aromatic rings. The minimum Gasteiger partial charge on any atom is -0.480 e. The van der Waals surface area contributed by atoms with Gasteiger partial charge in [-0.15, -0.1) is 0 Å². The lowest BCUT2D eigenvalue weighted by atomic mass is 10.1. The zero-order valence-electron chi connectivity index (χ0n) is 13.4. The number of aliphatic carboxylic acids is 1. The molecule has 3 amide bonds. The van der Waals surface area contributed by atoms with Crippen LogP contribution in [0.25, 0.3) is 0 Å². The van der Waals surface area contributed by atoms with Crippen molar-refractivity contribution in [3.05, 3.63) is 35.4 Å². The van der Waals surface area contributed by atoms with Crippen LogP contribution in [-0.4, -0.2) is 60.5 Å². The van der Waals surface area contributed by atoms with Gasteiger partial charge in [0, 0.05) is 5.92 Å². The Hall–Kier alpha value is -1.74. The van der Waals surface area contributed by atoms with Gasteiger partial charge >= 0.3 is 5.97 Å². The number of carbonyl (C=O) groups excluding carboxylic acids is 3. The van der Waals surface area contributed by atoms with Gasteiger partial charge in [0.05, 0.1) is 17.2 Å². The van der Waals surface area contributed by atoms with Gasteiger partial charge in [-0.3, -0.25) is 24.1 Å². The maximum absolute atomic E-state index is 13.1. The minimum atomic E-state index is -1.14. The summed E-state index contributed by atoms with van der Waals surface area (Å²) in [6, 6.07) is 5.14. The molecule has 3 aliphatic rings. The molecule has 3 atom stereocenters. The van der Waals surface area contributed by atoms with E-state index in [1.165, 1.54) is 4.90 Å². The quantitative estimate of drug-likeness (QED) is 0.520. The maximum Gasteiger partial charge on any atom is 0.323 e. The van der Waals surface area contributed by atoms with E-state index in [0.717, 1.165) is 4.90 Å². The summed E-state index contributed by atoms with van der Waals surface area (Å²) in [4.78, 5) is 52.1. The standard InChI is InChI=1S/C17H14Br2N2O5/c18-17(19)10-5-6-11(16(26)20(13(10)17)7-12(22)23)21-14(24)8-3-1-2-4-9(8)15(21)25/h1-4,10-11,13H,5-7H2,(H,22,23)/t10-,11+,13+/m1/s1. The maximum atomic E-state index is 13.1. The number of alkyl halides is 2. The van der Waals surface area contributed by atoms with Crippen molar-refractivity contribution in [1.29, 1.82) is 0 Å². The van der Waals surface area contributed by atoms with Gasteiger partial charge in [0.25, 0.3) is 11.8 Å². The third-order valence-corrected chi connectivity index (χ3v) is 7.37. The lowest BCUT2D eigenvalue weighted by molar-refractivity contribution is -0.146. The number of fused-ring (bicyclic) bond motifs is 2. The molecule has 26 heavy (non-hydrogen) atoms. The normalized spacial score (nSPS) is 29.3. The molecule has 0 bridgehead atoms. The van der Waals surface area contributed by atoms with Crippen LogP contribution in [0.2, 0.25) is 0 Å². The van der Waals surface area contributed by atoms with E-state index in [1.54, 1.807) is 24.3 Å². The van der Waals surface area contributed by atoms with E-state index in [-0.39, 0.29) is 23.1 Å². The predicted octanol–water partition coefficient (Wildman–Crippen LogP) is 1.84. The molecule has 1 N–H and O–H groups in total. The molecule has 0 radical (unpaired) electrons. The highest BCUT2D eigenvalue weighted by Crippen LogP contribution is 2.62. The Morgan fingerprint density at radius 2 is 1.69 bits per heavy atom. The van der Waals surface area contributed by atoms with Crippen molar-refractivity contribution in [3.63, 3.8) is 0 Å². The highest BCUT2D eigenvalue weighted by Gasteiger charge is 2.67.